The van der Waals surface area contributed by atoms with Crippen molar-refractivity contribution in [2.75, 3.05) is 13.2 Å². The Kier molecular flexibility index (Phi) is 2.69. The number of hydrogen-bond donors (Lipinski definition) is 0. The average Bonchev–Trinajstić information content (AvgIpc) is 2.62. The molecule has 0 N–H and O–H groups in total. The van der Waals surface area contributed by atoms with Crippen molar-refractivity contribution in [2.24, 2.45) is 29.6 Å². The normalized spacial score (nSPS) is 49.1. The predicted molar refractivity (Wildman–Crippen MR) is 59.1 cm³/mol. The van der Waals surface area contributed by atoms with Crippen LogP contribution in [0.5, 0.6) is 0 Å². The van der Waals surface area contributed by atoms with E-state index in [1.807, 2.05) is 6.92 Å². The number of fused-ring (bicyclic) bond motifs is 2. The van der Waals surface area contributed by atoms with Crippen LogP contribution in [0.25, 0.3) is 0 Å². The van der Waals surface area contributed by atoms with E-state index in [4.69, 9.17) is 9.47 Å². The number of cyclic esters (lactones) is 1. The molecule has 3 fully saturated rings. The minimum Gasteiger partial charge on any atom is -0.462 e. The lowest BCUT2D eigenvalue weighted by molar-refractivity contribution is -0.145. The van der Waals surface area contributed by atoms with Crippen molar-refractivity contribution in [2.45, 2.75) is 25.9 Å². The van der Waals surface area contributed by atoms with E-state index in [2.05, 4.69) is 0 Å². The van der Waals surface area contributed by atoms with Gasteiger partial charge in [-0.25, -0.2) is 0 Å². The van der Waals surface area contributed by atoms with Gasteiger partial charge in [0.1, 0.15) is 12.4 Å². The standard InChI is InChI=1S/C13H18O4/c1-7-12-10(13(15)17-7)4-8-6-16-3-2-9(8)11(12)5-14/h5,7-12H,2-4,6H2,1H3/t7-,8-,9-,10-,11+,12-/m1/s1. The first-order valence-corrected chi connectivity index (χ1v) is 6.46. The van der Waals surface area contributed by atoms with Gasteiger partial charge in [-0.3, -0.25) is 4.79 Å². The van der Waals surface area contributed by atoms with Gasteiger partial charge in [-0.05, 0) is 31.6 Å². The van der Waals surface area contributed by atoms with Crippen molar-refractivity contribution in [1.29, 1.82) is 0 Å². The van der Waals surface area contributed by atoms with E-state index >= 15 is 0 Å². The second kappa shape index (κ2) is 4.09. The molecule has 3 aliphatic rings. The topological polar surface area (TPSA) is 52.6 Å². The zero-order chi connectivity index (χ0) is 12.0. The average molecular weight is 238 g/mol. The fourth-order valence-corrected chi connectivity index (χ4v) is 4.03. The van der Waals surface area contributed by atoms with Crippen LogP contribution < -0.4 is 0 Å². The van der Waals surface area contributed by atoms with E-state index in [1.165, 1.54) is 0 Å². The molecular weight excluding hydrogens is 220 g/mol. The zero-order valence-corrected chi connectivity index (χ0v) is 10.0. The van der Waals surface area contributed by atoms with Crippen molar-refractivity contribution >= 4 is 12.3 Å². The molecule has 0 aromatic carbocycles. The van der Waals surface area contributed by atoms with Crippen molar-refractivity contribution in [3.05, 3.63) is 0 Å². The smallest absolute Gasteiger partial charge is 0.309 e. The van der Waals surface area contributed by atoms with Gasteiger partial charge in [0.2, 0.25) is 0 Å². The summed E-state index contributed by atoms with van der Waals surface area (Å²) in [6.45, 7) is 3.35. The van der Waals surface area contributed by atoms with Crippen molar-refractivity contribution in [3.63, 3.8) is 0 Å². The number of aldehydes is 1. The molecule has 4 nitrogen and oxygen atoms in total. The molecule has 1 aliphatic carbocycles. The van der Waals surface area contributed by atoms with Gasteiger partial charge in [-0.2, -0.15) is 0 Å². The highest BCUT2D eigenvalue weighted by atomic mass is 16.6. The maximum atomic E-state index is 11.8. The summed E-state index contributed by atoms with van der Waals surface area (Å²) in [5, 5.41) is 0. The lowest BCUT2D eigenvalue weighted by Crippen LogP contribution is -2.46. The SMILES string of the molecule is C[C@H]1OC(=O)[C@@H]2C[C@@H]3COCC[C@H]3[C@H](C=O)[C@H]12. The van der Waals surface area contributed by atoms with Gasteiger partial charge in [-0.15, -0.1) is 0 Å². The Balaban J connectivity index is 1.90. The van der Waals surface area contributed by atoms with Crippen LogP contribution in [0.1, 0.15) is 19.8 Å². The Hall–Kier alpha value is -0.900. The minimum absolute atomic E-state index is 0.0240. The summed E-state index contributed by atoms with van der Waals surface area (Å²) < 4.78 is 10.8. The number of ether oxygens (including phenoxy) is 2. The van der Waals surface area contributed by atoms with Crippen LogP contribution in [-0.2, 0) is 19.1 Å². The molecule has 17 heavy (non-hydrogen) atoms. The van der Waals surface area contributed by atoms with Gasteiger partial charge < -0.3 is 14.3 Å². The summed E-state index contributed by atoms with van der Waals surface area (Å²) >= 11 is 0. The third-order valence-electron chi connectivity index (χ3n) is 4.80. The summed E-state index contributed by atoms with van der Waals surface area (Å²) in [5.74, 6) is 0.627. The molecule has 0 unspecified atom stereocenters. The predicted octanol–water partition coefficient (Wildman–Crippen LogP) is 1.04. The molecule has 94 valence electrons. The number of rotatable bonds is 1. The number of carbonyl (C=O) groups is 2. The Morgan fingerprint density at radius 3 is 3.00 bits per heavy atom. The first kappa shape index (κ1) is 11.2. The highest BCUT2D eigenvalue weighted by Gasteiger charge is 2.54. The molecule has 1 saturated carbocycles. The number of carbonyl (C=O) groups excluding carboxylic acids is 2. The number of hydrogen-bond acceptors (Lipinski definition) is 4. The molecular formula is C13H18O4. The van der Waals surface area contributed by atoms with Gasteiger partial charge in [-0.1, -0.05) is 0 Å². The maximum absolute atomic E-state index is 11.8. The van der Waals surface area contributed by atoms with Crippen LogP contribution >= 0.6 is 0 Å². The van der Waals surface area contributed by atoms with Crippen LogP contribution in [-0.4, -0.2) is 31.6 Å². The van der Waals surface area contributed by atoms with E-state index in [1.54, 1.807) is 0 Å². The highest BCUT2D eigenvalue weighted by molar-refractivity contribution is 5.76. The third-order valence-corrected chi connectivity index (χ3v) is 4.80. The van der Waals surface area contributed by atoms with Crippen LogP contribution in [0.4, 0.5) is 0 Å². The second-order valence-electron chi connectivity index (χ2n) is 5.56. The molecule has 0 radical (unpaired) electrons. The minimum atomic E-state index is -0.113. The Morgan fingerprint density at radius 2 is 2.24 bits per heavy atom. The summed E-state index contributed by atoms with van der Waals surface area (Å²) in [4.78, 5) is 23.2. The molecule has 2 aliphatic heterocycles. The van der Waals surface area contributed by atoms with Crippen LogP contribution in [0.15, 0.2) is 0 Å². The first-order valence-electron chi connectivity index (χ1n) is 6.46. The van der Waals surface area contributed by atoms with Crippen molar-refractivity contribution in [1.82, 2.24) is 0 Å². The molecule has 0 spiro atoms. The van der Waals surface area contributed by atoms with Crippen LogP contribution in [0.3, 0.4) is 0 Å². The summed E-state index contributed by atoms with van der Waals surface area (Å²) in [7, 11) is 0. The van der Waals surface area contributed by atoms with Gasteiger partial charge >= 0.3 is 5.97 Å². The lowest BCUT2D eigenvalue weighted by Gasteiger charge is -2.44. The largest absolute Gasteiger partial charge is 0.462 e. The van der Waals surface area contributed by atoms with E-state index < -0.39 is 0 Å². The quantitative estimate of drug-likeness (QED) is 0.506. The summed E-state index contributed by atoms with van der Waals surface area (Å²) in [6, 6.07) is 0. The van der Waals surface area contributed by atoms with Crippen LogP contribution in [0.2, 0.25) is 0 Å². The Bertz CT molecular complexity index is 340. The number of esters is 1. The lowest BCUT2D eigenvalue weighted by atomic mass is 9.60. The first-order chi connectivity index (χ1) is 8.22. The van der Waals surface area contributed by atoms with Gasteiger partial charge in [0.15, 0.2) is 0 Å². The summed E-state index contributed by atoms with van der Waals surface area (Å²) in [6.07, 6.45) is 2.73. The molecule has 6 atom stereocenters. The van der Waals surface area contributed by atoms with E-state index in [-0.39, 0.29) is 29.8 Å². The molecule has 3 rings (SSSR count). The molecule has 0 bridgehead atoms. The van der Waals surface area contributed by atoms with Crippen molar-refractivity contribution in [3.8, 4) is 0 Å². The maximum Gasteiger partial charge on any atom is 0.309 e. The Labute approximate surface area is 101 Å². The Morgan fingerprint density at radius 1 is 1.41 bits per heavy atom. The van der Waals surface area contributed by atoms with Gasteiger partial charge in [0, 0.05) is 25.0 Å². The summed E-state index contributed by atoms with van der Waals surface area (Å²) in [5.41, 5.74) is 0. The zero-order valence-electron chi connectivity index (χ0n) is 10.0. The molecule has 0 amide bonds. The van der Waals surface area contributed by atoms with Crippen LogP contribution in [0, 0.1) is 29.6 Å². The molecule has 0 aromatic rings. The highest BCUT2D eigenvalue weighted by Crippen LogP contribution is 2.49. The monoisotopic (exact) mass is 238 g/mol. The molecule has 2 heterocycles. The fraction of sp³-hybridized carbons (Fsp3) is 0.846. The van der Waals surface area contributed by atoms with E-state index in [0.29, 0.717) is 18.4 Å². The second-order valence-corrected chi connectivity index (χ2v) is 5.56. The van der Waals surface area contributed by atoms with E-state index in [0.717, 1.165) is 25.7 Å². The molecule has 0 aromatic heterocycles. The van der Waals surface area contributed by atoms with Gasteiger partial charge in [0.05, 0.1) is 5.92 Å². The van der Waals surface area contributed by atoms with Crippen molar-refractivity contribution < 1.29 is 19.1 Å². The van der Waals surface area contributed by atoms with E-state index in [9.17, 15) is 9.59 Å². The fourth-order valence-electron chi connectivity index (χ4n) is 4.03. The van der Waals surface area contributed by atoms with Gasteiger partial charge in [0.25, 0.3) is 0 Å². The molecule has 4 heteroatoms. The molecule has 2 saturated heterocycles. The third kappa shape index (κ3) is 1.61.